The number of carbonyl (C=O) groups excluding carboxylic acids is 1. The van der Waals surface area contributed by atoms with Gasteiger partial charge in [0.15, 0.2) is 0 Å². The molecule has 0 spiro atoms. The lowest BCUT2D eigenvalue weighted by Gasteiger charge is -2.23. The number of aliphatic carboxylic acids is 1. The van der Waals surface area contributed by atoms with Crippen LogP contribution in [0.4, 0.5) is 5.69 Å². The third kappa shape index (κ3) is 2.98. The molecule has 4 heterocycles. The van der Waals surface area contributed by atoms with Crippen LogP contribution in [0.5, 0.6) is 0 Å². The summed E-state index contributed by atoms with van der Waals surface area (Å²) in [5.74, 6) is -2.72. The van der Waals surface area contributed by atoms with Crippen molar-refractivity contribution in [2.24, 2.45) is 11.8 Å². The lowest BCUT2D eigenvalue weighted by atomic mass is 9.78. The van der Waals surface area contributed by atoms with Crippen LogP contribution in [-0.2, 0) is 27.4 Å². The minimum Gasteiger partial charge on any atom is -0.481 e. The highest BCUT2D eigenvalue weighted by molar-refractivity contribution is 5.96. The van der Waals surface area contributed by atoms with Crippen LogP contribution in [-0.4, -0.2) is 48.8 Å². The molecule has 0 saturated carbocycles. The molecular weight excluding hydrogens is 338 g/mol. The maximum atomic E-state index is 12.6. The molecule has 0 radical (unpaired) electrons. The third-order valence-corrected chi connectivity index (χ3v) is 5.12. The Hall–Kier alpha value is -2.68. The van der Waals surface area contributed by atoms with Crippen molar-refractivity contribution in [3.8, 4) is 0 Å². The molecule has 2 aromatic rings. The van der Waals surface area contributed by atoms with Crippen molar-refractivity contribution in [1.29, 1.82) is 0 Å². The predicted molar refractivity (Wildman–Crippen MR) is 90.4 cm³/mol. The highest BCUT2D eigenvalue weighted by Crippen LogP contribution is 2.44. The monoisotopic (exact) mass is 359 g/mol. The number of carboxylic acid groups (broad SMARTS) is 1. The Bertz CT molecular complexity index is 829. The molecule has 2 fully saturated rings. The number of hydrogen-bond donors (Lipinski definition) is 2. The number of rotatable bonds is 6. The van der Waals surface area contributed by atoms with Gasteiger partial charge in [-0.1, -0.05) is 0 Å². The molecule has 2 saturated heterocycles. The number of nitrogens with one attached hydrogen (secondary N) is 1. The second-order valence-electron chi connectivity index (χ2n) is 6.80. The summed E-state index contributed by atoms with van der Waals surface area (Å²) in [6.07, 6.45) is 7.79. The van der Waals surface area contributed by atoms with Crippen molar-refractivity contribution in [2.75, 3.05) is 5.32 Å². The van der Waals surface area contributed by atoms with E-state index in [-0.39, 0.29) is 18.1 Å². The Balaban J connectivity index is 1.42. The van der Waals surface area contributed by atoms with Gasteiger partial charge in [-0.25, -0.2) is 0 Å². The van der Waals surface area contributed by atoms with E-state index in [1.54, 1.807) is 23.3 Å². The highest BCUT2D eigenvalue weighted by atomic mass is 16.5. The molecule has 9 heteroatoms. The van der Waals surface area contributed by atoms with Gasteiger partial charge in [-0.3, -0.25) is 19.0 Å². The van der Waals surface area contributed by atoms with Crippen molar-refractivity contribution in [3.05, 3.63) is 30.4 Å². The molecule has 26 heavy (non-hydrogen) atoms. The van der Waals surface area contributed by atoms with Crippen LogP contribution in [0.3, 0.4) is 0 Å². The number of carboxylic acids is 1. The first-order valence-electron chi connectivity index (χ1n) is 8.78. The zero-order valence-corrected chi connectivity index (χ0v) is 14.4. The van der Waals surface area contributed by atoms with Crippen molar-refractivity contribution < 1.29 is 19.4 Å². The molecule has 2 aromatic heterocycles. The van der Waals surface area contributed by atoms with Crippen LogP contribution in [0, 0.1) is 11.8 Å². The maximum Gasteiger partial charge on any atom is 0.310 e. The lowest BCUT2D eigenvalue weighted by Crippen LogP contribution is -2.40. The first-order chi connectivity index (χ1) is 12.5. The van der Waals surface area contributed by atoms with E-state index in [9.17, 15) is 14.7 Å². The number of fused-ring (bicyclic) bond motifs is 2. The van der Waals surface area contributed by atoms with Gasteiger partial charge in [0.2, 0.25) is 5.91 Å². The lowest BCUT2D eigenvalue weighted by molar-refractivity contribution is -0.147. The van der Waals surface area contributed by atoms with Gasteiger partial charge >= 0.3 is 5.97 Å². The zero-order valence-electron chi connectivity index (χ0n) is 14.4. The van der Waals surface area contributed by atoms with Crippen molar-refractivity contribution in [3.63, 3.8) is 0 Å². The van der Waals surface area contributed by atoms with Gasteiger partial charge in [0.05, 0.1) is 48.7 Å². The Morgan fingerprint density at radius 1 is 1.19 bits per heavy atom. The Morgan fingerprint density at radius 3 is 2.62 bits per heavy atom. The van der Waals surface area contributed by atoms with E-state index >= 15 is 0 Å². The first kappa shape index (κ1) is 16.8. The summed E-state index contributed by atoms with van der Waals surface area (Å²) in [4.78, 5) is 24.1. The number of aryl methyl sites for hydroxylation is 1. The smallest absolute Gasteiger partial charge is 0.310 e. The van der Waals surface area contributed by atoms with Crippen LogP contribution in [0.1, 0.15) is 25.3 Å². The van der Waals surface area contributed by atoms with Gasteiger partial charge in [0.1, 0.15) is 0 Å². The average Bonchev–Trinajstić information content (AvgIpc) is 3.38. The number of aromatic nitrogens is 4. The van der Waals surface area contributed by atoms with Gasteiger partial charge in [-0.05, 0) is 19.8 Å². The minimum absolute atomic E-state index is 0.309. The first-order valence-corrected chi connectivity index (χ1v) is 8.78. The van der Waals surface area contributed by atoms with Crippen LogP contribution in [0.2, 0.25) is 0 Å². The van der Waals surface area contributed by atoms with Crippen molar-refractivity contribution in [1.82, 2.24) is 19.6 Å². The quantitative estimate of drug-likeness (QED) is 0.795. The third-order valence-electron chi connectivity index (χ3n) is 5.12. The fraction of sp³-hybridized carbons (Fsp3) is 0.529. The van der Waals surface area contributed by atoms with Crippen LogP contribution in [0.15, 0.2) is 24.8 Å². The number of ether oxygens (including phenoxy) is 1. The molecule has 0 aromatic carbocycles. The average molecular weight is 359 g/mol. The minimum atomic E-state index is -0.971. The Kier molecular flexibility index (Phi) is 4.23. The Morgan fingerprint density at radius 2 is 1.92 bits per heavy atom. The van der Waals surface area contributed by atoms with Gasteiger partial charge in [-0.2, -0.15) is 10.2 Å². The second-order valence-corrected chi connectivity index (χ2v) is 6.80. The van der Waals surface area contributed by atoms with E-state index in [2.05, 4.69) is 15.5 Å². The standard InChI is InChI=1S/C17H21N5O4/c1-2-21-7-10(5-18-21)8-22-9-11(6-19-22)20-16(23)14-12-3-4-13(26-12)15(14)17(24)25/h5-7,9,12-15H,2-4,8H2,1H3,(H,20,23)(H,24,25)/t12-,13-,14+,15-/m0/s1. The normalized spacial score (nSPS) is 27.0. The topological polar surface area (TPSA) is 111 Å². The summed E-state index contributed by atoms with van der Waals surface area (Å²) in [6, 6.07) is 0. The molecule has 2 aliphatic rings. The second kappa shape index (κ2) is 6.56. The Labute approximate surface area is 149 Å². The van der Waals surface area contributed by atoms with Crippen molar-refractivity contribution in [2.45, 2.75) is 45.1 Å². The number of carbonyl (C=O) groups is 2. The SMILES string of the molecule is CCn1cc(Cn2cc(NC(=O)[C@H]3[C@@H](C(=O)O)[C@@H]4CC[C@@H]3O4)cn2)cn1. The molecule has 4 rings (SSSR count). The summed E-state index contributed by atoms with van der Waals surface area (Å²) in [5, 5.41) is 20.7. The maximum absolute atomic E-state index is 12.6. The zero-order chi connectivity index (χ0) is 18.3. The fourth-order valence-electron chi connectivity index (χ4n) is 3.91. The van der Waals surface area contributed by atoms with Crippen molar-refractivity contribution >= 4 is 17.6 Å². The molecule has 1 amide bonds. The number of hydrogen-bond acceptors (Lipinski definition) is 5. The van der Waals surface area contributed by atoms with Gasteiger partial charge in [-0.15, -0.1) is 0 Å². The van der Waals surface area contributed by atoms with E-state index < -0.39 is 17.8 Å². The van der Waals surface area contributed by atoms with Crippen LogP contribution < -0.4 is 5.32 Å². The largest absolute Gasteiger partial charge is 0.481 e. The molecule has 9 nitrogen and oxygen atoms in total. The summed E-state index contributed by atoms with van der Waals surface area (Å²) in [5.41, 5.74) is 1.56. The van der Waals surface area contributed by atoms with E-state index in [0.717, 1.165) is 18.5 Å². The molecule has 2 aliphatic heterocycles. The summed E-state index contributed by atoms with van der Waals surface area (Å²) < 4.78 is 9.19. The number of nitrogens with zero attached hydrogens (tertiary/aromatic N) is 4. The molecular formula is C17H21N5O4. The van der Waals surface area contributed by atoms with Gasteiger partial charge in [0, 0.05) is 24.5 Å². The fourth-order valence-corrected chi connectivity index (χ4v) is 3.91. The summed E-state index contributed by atoms with van der Waals surface area (Å²) >= 11 is 0. The van der Waals surface area contributed by atoms with Crippen LogP contribution in [0.25, 0.3) is 0 Å². The number of amides is 1. The molecule has 2 N–H and O–H groups in total. The van der Waals surface area contributed by atoms with E-state index in [0.29, 0.717) is 18.7 Å². The summed E-state index contributed by atoms with van der Waals surface area (Å²) in [6.45, 7) is 3.36. The van der Waals surface area contributed by atoms with E-state index in [4.69, 9.17) is 4.74 Å². The molecule has 0 unspecified atom stereocenters. The highest BCUT2D eigenvalue weighted by Gasteiger charge is 2.55. The number of anilines is 1. The van der Waals surface area contributed by atoms with Crippen LogP contribution >= 0.6 is 0 Å². The van der Waals surface area contributed by atoms with Gasteiger partial charge < -0.3 is 15.2 Å². The molecule has 4 atom stereocenters. The van der Waals surface area contributed by atoms with E-state index in [1.807, 2.05) is 17.8 Å². The van der Waals surface area contributed by atoms with Gasteiger partial charge in [0.25, 0.3) is 0 Å². The summed E-state index contributed by atoms with van der Waals surface area (Å²) in [7, 11) is 0. The molecule has 2 bridgehead atoms. The molecule has 138 valence electrons. The van der Waals surface area contributed by atoms with E-state index in [1.165, 1.54) is 0 Å². The molecule has 0 aliphatic carbocycles. The predicted octanol–water partition coefficient (Wildman–Crippen LogP) is 0.964.